The third kappa shape index (κ3) is 4.79. The molecule has 2 heterocycles. The summed E-state index contributed by atoms with van der Waals surface area (Å²) in [6.07, 6.45) is 6.74. The van der Waals surface area contributed by atoms with Crippen LogP contribution in [0.1, 0.15) is 65.9 Å². The molecule has 0 amide bonds. The molecule has 1 aliphatic heterocycles. The lowest BCUT2D eigenvalue weighted by atomic mass is 9.87. The van der Waals surface area contributed by atoms with Crippen molar-refractivity contribution in [3.05, 3.63) is 99.2 Å². The molecular weight excluding hydrogens is 479 g/mol. The Kier molecular flexibility index (Phi) is 7.05. The summed E-state index contributed by atoms with van der Waals surface area (Å²) >= 11 is 12.9. The zero-order valence-corrected chi connectivity index (χ0v) is 21.0. The van der Waals surface area contributed by atoms with Crippen LogP contribution in [-0.4, -0.2) is 22.7 Å². The highest BCUT2D eigenvalue weighted by Gasteiger charge is 2.20. The number of hydrogen-bond donors (Lipinski definition) is 0. The van der Waals surface area contributed by atoms with Crippen molar-refractivity contribution < 1.29 is 9.53 Å². The van der Waals surface area contributed by atoms with E-state index in [9.17, 15) is 4.79 Å². The van der Waals surface area contributed by atoms with Gasteiger partial charge in [0.1, 0.15) is 6.29 Å². The van der Waals surface area contributed by atoms with Crippen LogP contribution >= 0.6 is 23.2 Å². The number of allylic oxidation sites excluding steroid dienone is 1. The third-order valence-electron chi connectivity index (χ3n) is 6.56. The van der Waals surface area contributed by atoms with Crippen LogP contribution in [0.15, 0.2) is 66.9 Å². The summed E-state index contributed by atoms with van der Waals surface area (Å²) in [5.74, 6) is 0. The Labute approximate surface area is 215 Å². The summed E-state index contributed by atoms with van der Waals surface area (Å²) in [6.45, 7) is 2.90. The van der Waals surface area contributed by atoms with Gasteiger partial charge in [-0.15, -0.1) is 0 Å². The summed E-state index contributed by atoms with van der Waals surface area (Å²) in [6, 6.07) is 19.7. The van der Waals surface area contributed by atoms with Crippen LogP contribution in [0.4, 0.5) is 0 Å². The van der Waals surface area contributed by atoms with Crippen LogP contribution in [0.5, 0.6) is 0 Å². The number of carbonyl (C=O) groups excluding carboxylic acids is 1. The van der Waals surface area contributed by atoms with E-state index in [-0.39, 0.29) is 6.23 Å². The van der Waals surface area contributed by atoms with Crippen molar-refractivity contribution in [1.82, 2.24) is 9.78 Å². The summed E-state index contributed by atoms with van der Waals surface area (Å²) < 4.78 is 7.97. The molecule has 35 heavy (non-hydrogen) atoms. The Morgan fingerprint density at radius 1 is 1.06 bits per heavy atom. The van der Waals surface area contributed by atoms with Gasteiger partial charge in [0.2, 0.25) is 0 Å². The monoisotopic (exact) mass is 504 g/mol. The number of fused-ring (bicyclic) bond motifs is 1. The van der Waals surface area contributed by atoms with Gasteiger partial charge in [-0.05, 0) is 77.8 Å². The second-order valence-corrected chi connectivity index (χ2v) is 9.60. The van der Waals surface area contributed by atoms with E-state index in [0.717, 1.165) is 77.3 Å². The first kappa shape index (κ1) is 23.8. The number of rotatable bonds is 6. The zero-order chi connectivity index (χ0) is 24.4. The molecule has 4 nitrogen and oxygen atoms in total. The molecule has 0 bridgehead atoms. The topological polar surface area (TPSA) is 44.1 Å². The molecular formula is C29H26Cl2N2O2. The minimum atomic E-state index is -0.0166. The van der Waals surface area contributed by atoms with E-state index in [1.54, 1.807) is 6.07 Å². The predicted octanol–water partition coefficient (Wildman–Crippen LogP) is 8.22. The van der Waals surface area contributed by atoms with Crippen molar-refractivity contribution in [3.8, 4) is 0 Å². The van der Waals surface area contributed by atoms with Crippen LogP contribution in [0.2, 0.25) is 10.0 Å². The number of benzene rings is 3. The van der Waals surface area contributed by atoms with Crippen LogP contribution in [-0.2, 0) is 4.74 Å². The minimum absolute atomic E-state index is 0.0166. The van der Waals surface area contributed by atoms with Crippen LogP contribution < -0.4 is 0 Å². The maximum Gasteiger partial charge on any atom is 0.150 e. The van der Waals surface area contributed by atoms with Crippen LogP contribution in [0, 0.1) is 0 Å². The largest absolute Gasteiger partial charge is 0.356 e. The van der Waals surface area contributed by atoms with E-state index in [4.69, 9.17) is 27.9 Å². The number of aromatic nitrogens is 2. The average Bonchev–Trinajstić information content (AvgIpc) is 3.32. The Hall–Kier alpha value is -2.92. The summed E-state index contributed by atoms with van der Waals surface area (Å²) in [7, 11) is 0. The predicted molar refractivity (Wildman–Crippen MR) is 143 cm³/mol. The van der Waals surface area contributed by atoms with Gasteiger partial charge in [-0.1, -0.05) is 66.5 Å². The van der Waals surface area contributed by atoms with Gasteiger partial charge >= 0.3 is 0 Å². The lowest BCUT2D eigenvalue weighted by Crippen LogP contribution is -2.18. The molecule has 5 rings (SSSR count). The molecule has 1 fully saturated rings. The van der Waals surface area contributed by atoms with E-state index < -0.39 is 0 Å². The fraction of sp³-hybridized carbons (Fsp3) is 0.241. The summed E-state index contributed by atoms with van der Waals surface area (Å²) in [5.41, 5.74) is 6.88. The highest BCUT2D eigenvalue weighted by Crippen LogP contribution is 2.39. The Morgan fingerprint density at radius 2 is 1.86 bits per heavy atom. The fourth-order valence-electron chi connectivity index (χ4n) is 4.83. The summed E-state index contributed by atoms with van der Waals surface area (Å²) in [4.78, 5) is 11.3. The molecule has 1 unspecified atom stereocenters. The number of halogens is 2. The Balaban J connectivity index is 1.69. The van der Waals surface area contributed by atoms with Gasteiger partial charge in [0, 0.05) is 27.6 Å². The number of nitrogens with zero attached hydrogens (tertiary/aromatic N) is 2. The van der Waals surface area contributed by atoms with Crippen LogP contribution in [0.25, 0.3) is 22.0 Å². The molecule has 1 aromatic heterocycles. The molecule has 1 saturated heterocycles. The second kappa shape index (κ2) is 10.4. The molecule has 0 N–H and O–H groups in total. The minimum Gasteiger partial charge on any atom is -0.356 e. The molecule has 0 aliphatic carbocycles. The number of hydrogen-bond acceptors (Lipinski definition) is 3. The zero-order valence-electron chi connectivity index (χ0n) is 19.5. The second-order valence-electron chi connectivity index (χ2n) is 8.76. The first-order valence-electron chi connectivity index (χ1n) is 11.9. The fourth-order valence-corrected chi connectivity index (χ4v) is 5.36. The van der Waals surface area contributed by atoms with Crippen molar-refractivity contribution >= 4 is 51.5 Å². The van der Waals surface area contributed by atoms with Gasteiger partial charge in [-0.3, -0.25) is 4.79 Å². The highest BCUT2D eigenvalue weighted by atomic mass is 35.5. The maximum atomic E-state index is 11.3. The third-order valence-corrected chi connectivity index (χ3v) is 7.11. The maximum absolute atomic E-state index is 11.3. The average molecular weight is 505 g/mol. The first-order chi connectivity index (χ1) is 17.1. The molecule has 3 aromatic carbocycles. The normalized spacial score (nSPS) is 16.8. The van der Waals surface area contributed by atoms with Crippen molar-refractivity contribution in [2.75, 3.05) is 6.61 Å². The molecule has 6 heteroatoms. The van der Waals surface area contributed by atoms with Gasteiger partial charge in [0.15, 0.2) is 6.23 Å². The van der Waals surface area contributed by atoms with Crippen molar-refractivity contribution in [2.45, 2.75) is 38.8 Å². The van der Waals surface area contributed by atoms with Gasteiger partial charge in [-0.25, -0.2) is 4.68 Å². The molecule has 0 saturated carbocycles. The lowest BCUT2D eigenvalue weighted by molar-refractivity contribution is -0.0366. The van der Waals surface area contributed by atoms with E-state index >= 15 is 0 Å². The van der Waals surface area contributed by atoms with E-state index in [2.05, 4.69) is 30.2 Å². The van der Waals surface area contributed by atoms with E-state index in [1.807, 2.05) is 47.3 Å². The first-order valence-corrected chi connectivity index (χ1v) is 12.7. The summed E-state index contributed by atoms with van der Waals surface area (Å²) in [5, 5.41) is 6.93. The van der Waals surface area contributed by atoms with Gasteiger partial charge in [-0.2, -0.15) is 5.10 Å². The smallest absolute Gasteiger partial charge is 0.150 e. The molecule has 4 aromatic rings. The standard InChI is InChI=1S/C29H26Cl2N2O2/c1-2-24(25-12-11-23(30)16-26(25)31)29(20-8-6-19(18-34)7-9-20)21-10-13-27-22(15-21)17-32-33(27)28-5-3-4-14-35-28/h6-13,15-18,28H,2-5,14H2,1H3/b29-24-. The van der Waals surface area contributed by atoms with Gasteiger partial charge in [0.25, 0.3) is 0 Å². The Bertz CT molecular complexity index is 1400. The molecule has 0 spiro atoms. The number of ether oxygens (including phenoxy) is 1. The number of aldehydes is 1. The Morgan fingerprint density at radius 3 is 2.54 bits per heavy atom. The van der Waals surface area contributed by atoms with E-state index in [0.29, 0.717) is 15.6 Å². The molecule has 178 valence electrons. The molecule has 1 atom stereocenters. The van der Waals surface area contributed by atoms with Crippen molar-refractivity contribution in [2.24, 2.45) is 0 Å². The van der Waals surface area contributed by atoms with Crippen LogP contribution in [0.3, 0.4) is 0 Å². The molecule has 0 radical (unpaired) electrons. The number of carbonyl (C=O) groups is 1. The van der Waals surface area contributed by atoms with Gasteiger partial charge < -0.3 is 4.74 Å². The van der Waals surface area contributed by atoms with Crippen molar-refractivity contribution in [1.29, 1.82) is 0 Å². The lowest BCUT2D eigenvalue weighted by Gasteiger charge is -2.23. The van der Waals surface area contributed by atoms with Crippen molar-refractivity contribution in [3.63, 3.8) is 0 Å². The van der Waals surface area contributed by atoms with Gasteiger partial charge in [0.05, 0.1) is 11.7 Å². The quantitative estimate of drug-likeness (QED) is 0.196. The van der Waals surface area contributed by atoms with E-state index in [1.165, 1.54) is 0 Å². The SMILES string of the molecule is CC/C(=C(\c1ccc(C=O)cc1)c1ccc2c(cnn2C2CCCCO2)c1)c1ccc(Cl)cc1Cl. The molecule has 1 aliphatic rings. The highest BCUT2D eigenvalue weighted by molar-refractivity contribution is 6.36.